The van der Waals surface area contributed by atoms with Crippen molar-refractivity contribution in [1.82, 2.24) is 4.90 Å². The average Bonchev–Trinajstić information content (AvgIpc) is 2.33. The molecule has 0 aliphatic carbocycles. The van der Waals surface area contributed by atoms with Gasteiger partial charge in [0.25, 0.3) is 0 Å². The molecule has 1 nitrogen and oxygen atoms in total. The second-order valence-electron chi connectivity index (χ2n) is 3.32. The molecule has 2 heteroatoms. The third kappa shape index (κ3) is 5.04. The Labute approximate surface area is 81.6 Å². The summed E-state index contributed by atoms with van der Waals surface area (Å²) < 4.78 is 12.8. The summed E-state index contributed by atoms with van der Waals surface area (Å²) in [5, 5.41) is 0. The molecule has 0 saturated heterocycles. The number of hydrogen-bond donors (Lipinski definition) is 0. The number of rotatable bonds is 1. The maximum absolute atomic E-state index is 12.8. The molecule has 1 atom stereocenters. The molecule has 0 saturated carbocycles. The van der Waals surface area contributed by atoms with Crippen LogP contribution in [-0.4, -0.2) is 30.2 Å². The minimum atomic E-state index is -0.723. The maximum Gasteiger partial charge on any atom is 0.120 e. The van der Waals surface area contributed by atoms with Crippen molar-refractivity contribution in [1.29, 1.82) is 0 Å². The summed E-state index contributed by atoms with van der Waals surface area (Å²) in [6.45, 7) is 10.1. The van der Waals surface area contributed by atoms with Crippen LogP contribution in [0.15, 0.2) is 12.2 Å². The normalized spacial score (nSPS) is 23.7. The molecule has 0 N–H and O–H groups in total. The minimum absolute atomic E-state index is 0.532. The lowest BCUT2D eigenvalue weighted by molar-refractivity contribution is 0.229. The number of halogens is 1. The van der Waals surface area contributed by atoms with Crippen molar-refractivity contribution in [2.75, 3.05) is 13.1 Å². The lowest BCUT2D eigenvalue weighted by Gasteiger charge is -2.23. The number of alkyl halides is 1. The smallest absolute Gasteiger partial charge is 0.120 e. The molecule has 0 spiro atoms. The maximum atomic E-state index is 12.8. The van der Waals surface area contributed by atoms with Crippen LogP contribution in [0.3, 0.4) is 0 Å². The standard InChI is InChI=1S/C9H16FN.C2H6/c1-8(2)11-6-3-4-9(10)5-7-11;1-2/h3-4,8-9H,5-7H2,1-2H3;1-2H3. The van der Waals surface area contributed by atoms with Crippen molar-refractivity contribution in [3.63, 3.8) is 0 Å². The number of nitrogens with zero attached hydrogens (tertiary/aromatic N) is 1. The first-order valence-corrected chi connectivity index (χ1v) is 5.25. The summed E-state index contributed by atoms with van der Waals surface area (Å²) in [6, 6.07) is 0.532. The first-order valence-electron chi connectivity index (χ1n) is 5.25. The molecule has 13 heavy (non-hydrogen) atoms. The van der Waals surface area contributed by atoms with E-state index in [-0.39, 0.29) is 0 Å². The van der Waals surface area contributed by atoms with Crippen LogP contribution in [0, 0.1) is 0 Å². The van der Waals surface area contributed by atoms with Crippen LogP contribution in [0.2, 0.25) is 0 Å². The Balaban J connectivity index is 0.000000671. The number of hydrogen-bond acceptors (Lipinski definition) is 1. The molecule has 1 heterocycles. The van der Waals surface area contributed by atoms with Crippen molar-refractivity contribution < 1.29 is 4.39 Å². The van der Waals surface area contributed by atoms with E-state index in [9.17, 15) is 4.39 Å². The highest BCUT2D eigenvalue weighted by atomic mass is 19.1. The highest BCUT2D eigenvalue weighted by molar-refractivity contribution is 4.95. The van der Waals surface area contributed by atoms with Gasteiger partial charge in [-0.2, -0.15) is 0 Å². The van der Waals surface area contributed by atoms with Gasteiger partial charge in [-0.15, -0.1) is 0 Å². The van der Waals surface area contributed by atoms with Crippen LogP contribution in [0.1, 0.15) is 34.1 Å². The van der Waals surface area contributed by atoms with Crippen LogP contribution in [-0.2, 0) is 0 Å². The molecule has 1 rings (SSSR count). The van der Waals surface area contributed by atoms with Crippen molar-refractivity contribution in [2.45, 2.75) is 46.3 Å². The van der Waals surface area contributed by atoms with Crippen LogP contribution < -0.4 is 0 Å². The van der Waals surface area contributed by atoms with E-state index in [1.807, 2.05) is 19.9 Å². The Kier molecular flexibility index (Phi) is 6.87. The Hall–Kier alpha value is -0.370. The van der Waals surface area contributed by atoms with Crippen LogP contribution >= 0.6 is 0 Å². The molecule has 1 unspecified atom stereocenters. The van der Waals surface area contributed by atoms with E-state index in [0.717, 1.165) is 13.1 Å². The Morgan fingerprint density at radius 2 is 2.00 bits per heavy atom. The van der Waals surface area contributed by atoms with Gasteiger partial charge in [-0.05, 0) is 20.3 Å². The Bertz CT molecular complexity index is 143. The molecule has 78 valence electrons. The molecule has 0 amide bonds. The van der Waals surface area contributed by atoms with Gasteiger partial charge in [0.15, 0.2) is 0 Å². The van der Waals surface area contributed by atoms with E-state index >= 15 is 0 Å². The fraction of sp³-hybridized carbons (Fsp3) is 0.818. The number of allylic oxidation sites excluding steroid dienone is 1. The molecule has 0 aromatic heterocycles. The van der Waals surface area contributed by atoms with E-state index < -0.39 is 6.17 Å². The fourth-order valence-corrected chi connectivity index (χ4v) is 1.29. The summed E-state index contributed by atoms with van der Waals surface area (Å²) in [5.74, 6) is 0. The third-order valence-electron chi connectivity index (χ3n) is 2.11. The predicted molar refractivity (Wildman–Crippen MR) is 56.7 cm³/mol. The van der Waals surface area contributed by atoms with E-state index in [1.54, 1.807) is 6.08 Å². The van der Waals surface area contributed by atoms with Gasteiger partial charge in [0, 0.05) is 19.1 Å². The predicted octanol–water partition coefficient (Wildman–Crippen LogP) is 3.02. The molecular weight excluding hydrogens is 165 g/mol. The lowest BCUT2D eigenvalue weighted by Crippen LogP contribution is -2.31. The lowest BCUT2D eigenvalue weighted by atomic mass is 10.2. The van der Waals surface area contributed by atoms with Crippen molar-refractivity contribution >= 4 is 0 Å². The highest BCUT2D eigenvalue weighted by Crippen LogP contribution is 2.09. The summed E-state index contributed by atoms with van der Waals surface area (Å²) in [4.78, 5) is 2.27. The zero-order valence-corrected chi connectivity index (χ0v) is 9.26. The molecule has 0 fully saturated rings. The molecule has 0 bridgehead atoms. The SMILES string of the molecule is CC.CC(C)N1CC=CC(F)CC1. The minimum Gasteiger partial charge on any atom is -0.297 e. The van der Waals surface area contributed by atoms with Gasteiger partial charge in [0.2, 0.25) is 0 Å². The zero-order chi connectivity index (χ0) is 10.3. The van der Waals surface area contributed by atoms with Crippen LogP contribution in [0.25, 0.3) is 0 Å². The van der Waals surface area contributed by atoms with Gasteiger partial charge < -0.3 is 0 Å². The van der Waals surface area contributed by atoms with Gasteiger partial charge in [0.05, 0.1) is 0 Å². The van der Waals surface area contributed by atoms with E-state index in [4.69, 9.17) is 0 Å². The monoisotopic (exact) mass is 187 g/mol. The first kappa shape index (κ1) is 12.6. The van der Waals surface area contributed by atoms with Crippen LogP contribution in [0.5, 0.6) is 0 Å². The second-order valence-corrected chi connectivity index (χ2v) is 3.32. The Morgan fingerprint density at radius 3 is 2.54 bits per heavy atom. The van der Waals surface area contributed by atoms with Gasteiger partial charge in [-0.25, -0.2) is 4.39 Å². The van der Waals surface area contributed by atoms with Gasteiger partial charge in [-0.3, -0.25) is 4.90 Å². The topological polar surface area (TPSA) is 3.24 Å². The summed E-state index contributed by atoms with van der Waals surface area (Å²) >= 11 is 0. The average molecular weight is 187 g/mol. The van der Waals surface area contributed by atoms with E-state index in [1.165, 1.54) is 0 Å². The second kappa shape index (κ2) is 7.07. The largest absolute Gasteiger partial charge is 0.297 e. The zero-order valence-electron chi connectivity index (χ0n) is 9.26. The summed E-state index contributed by atoms with van der Waals surface area (Å²) in [5.41, 5.74) is 0. The third-order valence-corrected chi connectivity index (χ3v) is 2.11. The molecule has 1 aliphatic heterocycles. The molecular formula is C11H22FN. The first-order chi connectivity index (χ1) is 6.20. The highest BCUT2D eigenvalue weighted by Gasteiger charge is 2.13. The van der Waals surface area contributed by atoms with Crippen molar-refractivity contribution in [3.05, 3.63) is 12.2 Å². The van der Waals surface area contributed by atoms with Gasteiger partial charge in [0.1, 0.15) is 6.17 Å². The van der Waals surface area contributed by atoms with Crippen molar-refractivity contribution in [3.8, 4) is 0 Å². The summed E-state index contributed by atoms with van der Waals surface area (Å²) in [6.07, 6.45) is 3.52. The van der Waals surface area contributed by atoms with Gasteiger partial charge >= 0.3 is 0 Å². The van der Waals surface area contributed by atoms with E-state index in [2.05, 4.69) is 18.7 Å². The molecule has 0 aromatic carbocycles. The molecule has 0 aromatic rings. The summed E-state index contributed by atoms with van der Waals surface area (Å²) in [7, 11) is 0. The molecule has 0 radical (unpaired) electrons. The molecule has 1 aliphatic rings. The Morgan fingerprint density at radius 1 is 1.38 bits per heavy atom. The quantitative estimate of drug-likeness (QED) is 0.570. The van der Waals surface area contributed by atoms with E-state index in [0.29, 0.717) is 12.5 Å². The van der Waals surface area contributed by atoms with Crippen LogP contribution in [0.4, 0.5) is 4.39 Å². The van der Waals surface area contributed by atoms with Crippen molar-refractivity contribution in [2.24, 2.45) is 0 Å². The fourth-order valence-electron chi connectivity index (χ4n) is 1.29. The van der Waals surface area contributed by atoms with Gasteiger partial charge in [-0.1, -0.05) is 26.0 Å².